The molecule has 0 bridgehead atoms. The van der Waals surface area contributed by atoms with Crippen LogP contribution >= 0.6 is 11.6 Å². The van der Waals surface area contributed by atoms with Gasteiger partial charge in [0.15, 0.2) is 0 Å². The van der Waals surface area contributed by atoms with E-state index in [0.717, 1.165) is 0 Å². The van der Waals surface area contributed by atoms with Crippen molar-refractivity contribution in [2.24, 2.45) is 0 Å². The molecule has 1 aromatic heterocycles. The third-order valence-corrected chi connectivity index (χ3v) is 3.56. The van der Waals surface area contributed by atoms with E-state index >= 15 is 0 Å². The van der Waals surface area contributed by atoms with Crippen LogP contribution in [0.5, 0.6) is 0 Å². The lowest BCUT2D eigenvalue weighted by atomic mass is 10.2. The Morgan fingerprint density at radius 2 is 2.22 bits per heavy atom. The number of likely N-dealkylation sites (N-methyl/N-ethyl adjacent to an activating group) is 1. The second kappa shape index (κ2) is 6.16. The zero-order chi connectivity index (χ0) is 13.0. The standard InChI is InChI=1S/C13H18ClN3O/c1-17(11-4-2-3-5-11)9-13(18)16-12-7-6-10(14)8-15-12/h6-8,11H,2-5,9H2,1H3,(H,15,16,18). The van der Waals surface area contributed by atoms with Crippen molar-refractivity contribution >= 4 is 23.3 Å². The molecule has 0 aliphatic heterocycles. The molecular formula is C13H18ClN3O. The van der Waals surface area contributed by atoms with Crippen LogP contribution in [0.4, 0.5) is 5.82 Å². The summed E-state index contributed by atoms with van der Waals surface area (Å²) in [6.07, 6.45) is 6.47. The second-order valence-electron chi connectivity index (χ2n) is 4.76. The molecule has 5 heteroatoms. The fourth-order valence-electron chi connectivity index (χ4n) is 2.33. The van der Waals surface area contributed by atoms with Crippen LogP contribution in [0, 0.1) is 0 Å². The molecule has 0 atom stereocenters. The monoisotopic (exact) mass is 267 g/mol. The predicted molar refractivity (Wildman–Crippen MR) is 72.8 cm³/mol. The zero-order valence-electron chi connectivity index (χ0n) is 10.5. The fraction of sp³-hybridized carbons (Fsp3) is 0.538. The highest BCUT2D eigenvalue weighted by Gasteiger charge is 2.21. The topological polar surface area (TPSA) is 45.2 Å². The summed E-state index contributed by atoms with van der Waals surface area (Å²) in [7, 11) is 2.00. The van der Waals surface area contributed by atoms with Gasteiger partial charge in [-0.2, -0.15) is 0 Å². The van der Waals surface area contributed by atoms with Gasteiger partial charge in [0, 0.05) is 12.2 Å². The smallest absolute Gasteiger partial charge is 0.239 e. The molecule has 0 saturated heterocycles. The average molecular weight is 268 g/mol. The van der Waals surface area contributed by atoms with Crippen molar-refractivity contribution in [2.75, 3.05) is 18.9 Å². The maximum atomic E-state index is 11.8. The van der Waals surface area contributed by atoms with Crippen molar-refractivity contribution in [1.29, 1.82) is 0 Å². The van der Waals surface area contributed by atoms with Crippen molar-refractivity contribution in [3.05, 3.63) is 23.4 Å². The van der Waals surface area contributed by atoms with Crippen molar-refractivity contribution in [2.45, 2.75) is 31.7 Å². The minimum Gasteiger partial charge on any atom is -0.310 e. The second-order valence-corrected chi connectivity index (χ2v) is 5.20. The molecule has 1 aromatic rings. The first-order valence-electron chi connectivity index (χ1n) is 6.27. The third kappa shape index (κ3) is 3.68. The van der Waals surface area contributed by atoms with Crippen molar-refractivity contribution < 1.29 is 4.79 Å². The van der Waals surface area contributed by atoms with Crippen molar-refractivity contribution in [3.63, 3.8) is 0 Å². The van der Waals surface area contributed by atoms with Crippen LogP contribution in [-0.4, -0.2) is 35.4 Å². The Morgan fingerprint density at radius 1 is 1.50 bits per heavy atom. The first-order chi connectivity index (χ1) is 8.65. The maximum Gasteiger partial charge on any atom is 0.239 e. The lowest BCUT2D eigenvalue weighted by Gasteiger charge is -2.23. The molecule has 18 heavy (non-hydrogen) atoms. The highest BCUT2D eigenvalue weighted by atomic mass is 35.5. The molecule has 1 aliphatic rings. The van der Waals surface area contributed by atoms with Crippen LogP contribution in [0.15, 0.2) is 18.3 Å². The molecule has 2 rings (SSSR count). The number of nitrogens with one attached hydrogen (secondary N) is 1. The summed E-state index contributed by atoms with van der Waals surface area (Å²) in [5.41, 5.74) is 0. The number of carbonyl (C=O) groups is 1. The van der Waals surface area contributed by atoms with Gasteiger partial charge in [-0.05, 0) is 32.0 Å². The summed E-state index contributed by atoms with van der Waals surface area (Å²) in [6.45, 7) is 0.412. The number of aromatic nitrogens is 1. The quantitative estimate of drug-likeness (QED) is 0.912. The molecule has 1 heterocycles. The fourth-order valence-corrected chi connectivity index (χ4v) is 2.44. The first kappa shape index (κ1) is 13.3. The van der Waals surface area contributed by atoms with E-state index in [2.05, 4.69) is 15.2 Å². The van der Waals surface area contributed by atoms with Gasteiger partial charge in [0.1, 0.15) is 5.82 Å². The van der Waals surface area contributed by atoms with Crippen LogP contribution in [0.2, 0.25) is 5.02 Å². The predicted octanol–water partition coefficient (Wildman–Crippen LogP) is 2.55. The molecule has 0 spiro atoms. The number of amides is 1. The van der Waals surface area contributed by atoms with E-state index in [1.54, 1.807) is 12.1 Å². The van der Waals surface area contributed by atoms with Gasteiger partial charge >= 0.3 is 0 Å². The van der Waals surface area contributed by atoms with E-state index in [9.17, 15) is 4.79 Å². The number of rotatable bonds is 4. The van der Waals surface area contributed by atoms with Gasteiger partial charge in [-0.1, -0.05) is 24.4 Å². The Balaban J connectivity index is 1.82. The number of pyridine rings is 1. The number of carbonyl (C=O) groups excluding carboxylic acids is 1. The Hall–Kier alpha value is -1.13. The molecule has 1 N–H and O–H groups in total. The Kier molecular flexibility index (Phi) is 4.55. The molecular weight excluding hydrogens is 250 g/mol. The summed E-state index contributed by atoms with van der Waals surface area (Å²) in [5.74, 6) is 0.517. The zero-order valence-corrected chi connectivity index (χ0v) is 11.3. The summed E-state index contributed by atoms with van der Waals surface area (Å²) in [5, 5.41) is 3.34. The molecule has 1 saturated carbocycles. The number of hydrogen-bond donors (Lipinski definition) is 1. The van der Waals surface area contributed by atoms with Crippen LogP contribution in [0.1, 0.15) is 25.7 Å². The molecule has 1 aliphatic carbocycles. The van der Waals surface area contributed by atoms with E-state index in [0.29, 0.717) is 23.4 Å². The van der Waals surface area contributed by atoms with Gasteiger partial charge in [-0.25, -0.2) is 4.98 Å². The van der Waals surface area contributed by atoms with E-state index in [4.69, 9.17) is 11.6 Å². The molecule has 1 fully saturated rings. The summed E-state index contributed by atoms with van der Waals surface area (Å²) in [6, 6.07) is 3.97. The van der Waals surface area contributed by atoms with Crippen LogP contribution in [-0.2, 0) is 4.79 Å². The number of halogens is 1. The number of hydrogen-bond acceptors (Lipinski definition) is 3. The first-order valence-corrected chi connectivity index (χ1v) is 6.64. The molecule has 0 aromatic carbocycles. The highest BCUT2D eigenvalue weighted by molar-refractivity contribution is 6.30. The average Bonchev–Trinajstić information content (AvgIpc) is 2.85. The third-order valence-electron chi connectivity index (χ3n) is 3.34. The molecule has 0 radical (unpaired) electrons. The van der Waals surface area contributed by atoms with Crippen LogP contribution in [0.25, 0.3) is 0 Å². The van der Waals surface area contributed by atoms with E-state index < -0.39 is 0 Å². The lowest BCUT2D eigenvalue weighted by Crippen LogP contribution is -2.36. The van der Waals surface area contributed by atoms with Crippen molar-refractivity contribution in [1.82, 2.24) is 9.88 Å². The van der Waals surface area contributed by atoms with Crippen LogP contribution < -0.4 is 5.32 Å². The maximum absolute atomic E-state index is 11.8. The van der Waals surface area contributed by atoms with Crippen LogP contribution in [0.3, 0.4) is 0 Å². The highest BCUT2D eigenvalue weighted by Crippen LogP contribution is 2.22. The van der Waals surface area contributed by atoms with Crippen molar-refractivity contribution in [3.8, 4) is 0 Å². The summed E-state index contributed by atoms with van der Waals surface area (Å²) < 4.78 is 0. The van der Waals surface area contributed by atoms with E-state index in [1.807, 2.05) is 7.05 Å². The largest absolute Gasteiger partial charge is 0.310 e. The Labute approximate surface area is 112 Å². The minimum atomic E-state index is -0.0285. The van der Waals surface area contributed by atoms with Gasteiger partial charge in [0.05, 0.1) is 11.6 Å². The number of anilines is 1. The summed E-state index contributed by atoms with van der Waals surface area (Å²) >= 11 is 5.74. The van der Waals surface area contributed by atoms with Gasteiger partial charge in [-0.15, -0.1) is 0 Å². The van der Waals surface area contributed by atoms with Gasteiger partial charge in [0.2, 0.25) is 5.91 Å². The van der Waals surface area contributed by atoms with Gasteiger partial charge in [0.25, 0.3) is 0 Å². The molecule has 98 valence electrons. The summed E-state index contributed by atoms with van der Waals surface area (Å²) in [4.78, 5) is 18.0. The Bertz CT molecular complexity index is 401. The van der Waals surface area contributed by atoms with E-state index in [-0.39, 0.29) is 5.91 Å². The number of nitrogens with zero attached hydrogens (tertiary/aromatic N) is 2. The molecule has 1 amide bonds. The normalized spacial score (nSPS) is 16.2. The molecule has 4 nitrogen and oxygen atoms in total. The van der Waals surface area contributed by atoms with Gasteiger partial charge < -0.3 is 5.32 Å². The molecule has 0 unspecified atom stereocenters. The SMILES string of the molecule is CN(CC(=O)Nc1ccc(Cl)cn1)C1CCCC1. The van der Waals surface area contributed by atoms with Gasteiger partial charge in [-0.3, -0.25) is 9.69 Å². The van der Waals surface area contributed by atoms with E-state index in [1.165, 1.54) is 31.9 Å². The minimum absolute atomic E-state index is 0.0285. The Morgan fingerprint density at radius 3 is 2.83 bits per heavy atom. The lowest BCUT2D eigenvalue weighted by molar-refractivity contribution is -0.117.